The molecule has 3 N–H and O–H groups in total. The minimum absolute atomic E-state index is 0.165. The lowest BCUT2D eigenvalue weighted by atomic mass is 9.83. The molecule has 1 fully saturated rings. The van der Waals surface area contributed by atoms with E-state index in [1.165, 1.54) is 0 Å². The third-order valence-electron chi connectivity index (χ3n) is 3.86. The largest absolute Gasteiger partial charge is 0.481 e. The monoisotopic (exact) mass is 267 g/mol. The van der Waals surface area contributed by atoms with Gasteiger partial charge in [-0.15, -0.1) is 0 Å². The van der Waals surface area contributed by atoms with Crippen LogP contribution in [0.3, 0.4) is 0 Å². The first-order chi connectivity index (χ1) is 8.49. The summed E-state index contributed by atoms with van der Waals surface area (Å²) in [5.74, 6) is -0.577. The molecule has 1 aliphatic carbocycles. The molecule has 4 heteroatoms. The number of hydrogen-bond acceptors (Lipinski definition) is 2. The number of hydrogen-bond donors (Lipinski definition) is 2. The molecule has 3 atom stereocenters. The van der Waals surface area contributed by atoms with Gasteiger partial charge < -0.3 is 10.8 Å². The van der Waals surface area contributed by atoms with Crippen LogP contribution in [0.15, 0.2) is 18.2 Å². The molecule has 0 aliphatic heterocycles. The van der Waals surface area contributed by atoms with Gasteiger partial charge in [-0.05, 0) is 48.4 Å². The van der Waals surface area contributed by atoms with E-state index in [4.69, 9.17) is 17.3 Å². The number of aliphatic carboxylic acids is 1. The topological polar surface area (TPSA) is 63.3 Å². The van der Waals surface area contributed by atoms with Gasteiger partial charge in [0, 0.05) is 10.7 Å². The van der Waals surface area contributed by atoms with E-state index in [1.807, 2.05) is 0 Å². The van der Waals surface area contributed by atoms with Gasteiger partial charge in [0.25, 0.3) is 0 Å². The van der Waals surface area contributed by atoms with Crippen molar-refractivity contribution in [2.24, 2.45) is 11.8 Å². The Labute approximate surface area is 112 Å². The molecule has 0 saturated heterocycles. The molecule has 1 saturated carbocycles. The summed E-state index contributed by atoms with van der Waals surface area (Å²) >= 11 is 5.95. The number of nitrogen functional groups attached to an aromatic ring is 1. The van der Waals surface area contributed by atoms with Crippen molar-refractivity contribution in [1.82, 2.24) is 0 Å². The van der Waals surface area contributed by atoms with Gasteiger partial charge in [0.15, 0.2) is 0 Å². The Morgan fingerprint density at radius 2 is 2.22 bits per heavy atom. The minimum atomic E-state index is -0.803. The Hall–Kier alpha value is -1.22. The lowest BCUT2D eigenvalue weighted by molar-refractivity contribution is -0.140. The fourth-order valence-electron chi connectivity index (χ4n) is 2.96. The summed E-state index contributed by atoms with van der Waals surface area (Å²) in [5.41, 5.74) is 7.09. The maximum absolute atomic E-state index is 11.6. The Balaban J connectivity index is 2.35. The van der Waals surface area contributed by atoms with Gasteiger partial charge in [-0.25, -0.2) is 0 Å². The maximum Gasteiger partial charge on any atom is 0.311 e. The van der Waals surface area contributed by atoms with Crippen LogP contribution in [-0.2, 0) is 4.79 Å². The standard InChI is InChI=1S/C14H18ClNO2/c1-8-2-3-9(6-8)13(14(17)18)11-7-10(15)4-5-12(11)16/h4-5,7-9,13H,2-3,6,16H2,1H3,(H,17,18). The van der Waals surface area contributed by atoms with Crippen LogP contribution < -0.4 is 5.73 Å². The van der Waals surface area contributed by atoms with E-state index in [1.54, 1.807) is 18.2 Å². The second-order valence-corrected chi connectivity index (χ2v) is 5.70. The molecule has 0 heterocycles. The normalized spacial score (nSPS) is 25.0. The van der Waals surface area contributed by atoms with Crippen molar-refractivity contribution in [1.29, 1.82) is 0 Å². The molecular formula is C14H18ClNO2. The summed E-state index contributed by atoms with van der Waals surface area (Å²) in [6.07, 6.45) is 2.99. The highest BCUT2D eigenvalue weighted by Gasteiger charge is 2.35. The van der Waals surface area contributed by atoms with Crippen molar-refractivity contribution in [3.63, 3.8) is 0 Å². The van der Waals surface area contributed by atoms with Crippen LogP contribution in [0.25, 0.3) is 0 Å². The number of carboxylic acids is 1. The van der Waals surface area contributed by atoms with Gasteiger partial charge in [-0.1, -0.05) is 24.9 Å². The van der Waals surface area contributed by atoms with Gasteiger partial charge in [-0.3, -0.25) is 4.79 Å². The van der Waals surface area contributed by atoms with Crippen LogP contribution in [0.4, 0.5) is 5.69 Å². The van der Waals surface area contributed by atoms with E-state index in [2.05, 4.69) is 6.92 Å². The van der Waals surface area contributed by atoms with Crippen molar-refractivity contribution < 1.29 is 9.90 Å². The predicted octanol–water partition coefficient (Wildman–Crippen LogP) is 3.53. The average Bonchev–Trinajstić information content (AvgIpc) is 2.70. The number of rotatable bonds is 3. The van der Waals surface area contributed by atoms with Gasteiger partial charge in [-0.2, -0.15) is 0 Å². The molecule has 0 radical (unpaired) electrons. The third-order valence-corrected chi connectivity index (χ3v) is 4.09. The zero-order valence-corrected chi connectivity index (χ0v) is 11.2. The fourth-order valence-corrected chi connectivity index (χ4v) is 3.14. The lowest BCUT2D eigenvalue weighted by Crippen LogP contribution is -2.21. The molecule has 3 nitrogen and oxygen atoms in total. The maximum atomic E-state index is 11.6. The molecule has 18 heavy (non-hydrogen) atoms. The quantitative estimate of drug-likeness (QED) is 0.824. The highest BCUT2D eigenvalue weighted by atomic mass is 35.5. The lowest BCUT2D eigenvalue weighted by Gasteiger charge is -2.21. The van der Waals surface area contributed by atoms with Gasteiger partial charge in [0.2, 0.25) is 0 Å². The van der Waals surface area contributed by atoms with Crippen molar-refractivity contribution in [2.45, 2.75) is 32.1 Å². The molecule has 3 unspecified atom stereocenters. The van der Waals surface area contributed by atoms with Crippen LogP contribution in [0, 0.1) is 11.8 Å². The summed E-state index contributed by atoms with van der Waals surface area (Å²) in [7, 11) is 0. The zero-order chi connectivity index (χ0) is 13.3. The molecule has 0 amide bonds. The molecule has 1 aliphatic rings. The third kappa shape index (κ3) is 2.61. The Bertz CT molecular complexity index is 461. The summed E-state index contributed by atoms with van der Waals surface area (Å²) < 4.78 is 0. The smallest absolute Gasteiger partial charge is 0.311 e. The number of nitrogens with two attached hydrogens (primary N) is 1. The number of halogens is 1. The van der Waals surface area contributed by atoms with Crippen LogP contribution in [-0.4, -0.2) is 11.1 Å². The number of anilines is 1. The summed E-state index contributed by atoms with van der Waals surface area (Å²) in [5, 5.41) is 10.0. The number of carbonyl (C=O) groups is 1. The second-order valence-electron chi connectivity index (χ2n) is 5.27. The number of benzene rings is 1. The van der Waals surface area contributed by atoms with E-state index in [9.17, 15) is 9.90 Å². The van der Waals surface area contributed by atoms with E-state index in [-0.39, 0.29) is 5.92 Å². The molecule has 1 aromatic rings. The Kier molecular flexibility index (Phi) is 3.81. The fraction of sp³-hybridized carbons (Fsp3) is 0.500. The van der Waals surface area contributed by atoms with Gasteiger partial charge in [0.05, 0.1) is 5.92 Å². The average molecular weight is 268 g/mol. The van der Waals surface area contributed by atoms with Crippen molar-refractivity contribution in [3.05, 3.63) is 28.8 Å². The van der Waals surface area contributed by atoms with Crippen molar-refractivity contribution in [2.75, 3.05) is 5.73 Å². The van der Waals surface area contributed by atoms with Crippen LogP contribution >= 0.6 is 11.6 Å². The molecule has 0 spiro atoms. The van der Waals surface area contributed by atoms with Gasteiger partial charge >= 0.3 is 5.97 Å². The summed E-state index contributed by atoms with van der Waals surface area (Å²) in [4.78, 5) is 11.6. The molecule has 98 valence electrons. The SMILES string of the molecule is CC1CCC(C(C(=O)O)c2cc(Cl)ccc2N)C1. The van der Waals surface area contributed by atoms with Crippen LogP contribution in [0.2, 0.25) is 5.02 Å². The first-order valence-electron chi connectivity index (χ1n) is 6.26. The molecule has 0 aromatic heterocycles. The number of carboxylic acid groups (broad SMARTS) is 1. The highest BCUT2D eigenvalue weighted by Crippen LogP contribution is 2.42. The van der Waals surface area contributed by atoms with E-state index in [0.29, 0.717) is 22.2 Å². The first-order valence-corrected chi connectivity index (χ1v) is 6.64. The minimum Gasteiger partial charge on any atom is -0.481 e. The van der Waals surface area contributed by atoms with Crippen LogP contribution in [0.5, 0.6) is 0 Å². The van der Waals surface area contributed by atoms with Gasteiger partial charge in [0.1, 0.15) is 0 Å². The first kappa shape index (κ1) is 13.2. The molecular weight excluding hydrogens is 250 g/mol. The molecule has 1 aromatic carbocycles. The van der Waals surface area contributed by atoms with Crippen molar-refractivity contribution >= 4 is 23.3 Å². The molecule has 2 rings (SSSR count). The molecule has 0 bridgehead atoms. The summed E-state index contributed by atoms with van der Waals surface area (Å²) in [6.45, 7) is 2.17. The van der Waals surface area contributed by atoms with E-state index < -0.39 is 11.9 Å². The Morgan fingerprint density at radius 1 is 1.50 bits per heavy atom. The van der Waals surface area contributed by atoms with Crippen molar-refractivity contribution in [3.8, 4) is 0 Å². The summed E-state index contributed by atoms with van der Waals surface area (Å²) in [6, 6.07) is 5.07. The Morgan fingerprint density at radius 3 is 2.78 bits per heavy atom. The highest BCUT2D eigenvalue weighted by molar-refractivity contribution is 6.30. The van der Waals surface area contributed by atoms with E-state index in [0.717, 1.165) is 19.3 Å². The van der Waals surface area contributed by atoms with E-state index >= 15 is 0 Å². The zero-order valence-electron chi connectivity index (χ0n) is 10.4. The predicted molar refractivity (Wildman–Crippen MR) is 72.7 cm³/mol. The van der Waals surface area contributed by atoms with Crippen LogP contribution in [0.1, 0.15) is 37.7 Å². The second kappa shape index (κ2) is 5.19.